The molecule has 0 bridgehead atoms. The molecule has 1 atom stereocenters. The Balaban J connectivity index is 1.79. The molecule has 148 valence electrons. The Kier molecular flexibility index (Phi) is 5.16. The van der Waals surface area contributed by atoms with Crippen LogP contribution >= 0.6 is 0 Å². The molecule has 0 fully saturated rings. The van der Waals surface area contributed by atoms with Gasteiger partial charge in [-0.05, 0) is 43.7 Å². The van der Waals surface area contributed by atoms with E-state index in [0.29, 0.717) is 17.1 Å². The Bertz CT molecular complexity index is 1110. The van der Waals surface area contributed by atoms with E-state index >= 15 is 0 Å². The van der Waals surface area contributed by atoms with Gasteiger partial charge in [-0.15, -0.1) is 0 Å². The van der Waals surface area contributed by atoms with Crippen LogP contribution < -0.4 is 4.90 Å². The molecular formula is C24H24N2O2S. The highest BCUT2D eigenvalue weighted by Gasteiger charge is 2.34. The van der Waals surface area contributed by atoms with Gasteiger partial charge in [-0.3, -0.25) is 4.31 Å². The van der Waals surface area contributed by atoms with Crippen molar-refractivity contribution in [1.29, 1.82) is 0 Å². The summed E-state index contributed by atoms with van der Waals surface area (Å²) in [5.41, 5.74) is 3.84. The lowest BCUT2D eigenvalue weighted by Crippen LogP contribution is -2.43. The second-order valence-electron chi connectivity index (χ2n) is 7.29. The maximum absolute atomic E-state index is 13.4. The number of anilines is 1. The third-order valence-electron chi connectivity index (χ3n) is 5.24. The van der Waals surface area contributed by atoms with Gasteiger partial charge in [-0.25, -0.2) is 8.42 Å². The monoisotopic (exact) mass is 404 g/mol. The Morgan fingerprint density at radius 1 is 0.793 bits per heavy atom. The third kappa shape index (κ3) is 3.78. The van der Waals surface area contributed by atoms with Crippen molar-refractivity contribution in [2.24, 2.45) is 0 Å². The van der Waals surface area contributed by atoms with Gasteiger partial charge in [-0.2, -0.15) is 0 Å². The smallest absolute Gasteiger partial charge is 0.264 e. The van der Waals surface area contributed by atoms with Crippen molar-refractivity contribution in [1.82, 2.24) is 4.31 Å². The first-order chi connectivity index (χ1) is 14.0. The van der Waals surface area contributed by atoms with E-state index in [0.717, 1.165) is 16.8 Å². The molecule has 0 aromatic heterocycles. The number of hydrogen-bond donors (Lipinski definition) is 0. The topological polar surface area (TPSA) is 40.6 Å². The first-order valence-electron chi connectivity index (χ1n) is 9.63. The highest BCUT2D eigenvalue weighted by Crippen LogP contribution is 2.36. The van der Waals surface area contributed by atoms with Gasteiger partial charge in [0.1, 0.15) is 0 Å². The van der Waals surface area contributed by atoms with Crippen LogP contribution in [-0.4, -0.2) is 19.3 Å². The molecule has 1 aliphatic rings. The van der Waals surface area contributed by atoms with Crippen LogP contribution in [-0.2, 0) is 10.0 Å². The summed E-state index contributed by atoms with van der Waals surface area (Å²) in [6, 6.07) is 27.0. The second kappa shape index (κ2) is 7.76. The van der Waals surface area contributed by atoms with E-state index in [1.165, 1.54) is 4.31 Å². The minimum absolute atomic E-state index is 0.123. The van der Waals surface area contributed by atoms with E-state index in [1.807, 2.05) is 92.8 Å². The van der Waals surface area contributed by atoms with Crippen molar-refractivity contribution in [2.45, 2.75) is 24.8 Å². The van der Waals surface area contributed by atoms with E-state index in [2.05, 4.69) is 4.90 Å². The largest absolute Gasteiger partial charge is 0.337 e. The summed E-state index contributed by atoms with van der Waals surface area (Å²) in [5.74, 6) is 0. The summed E-state index contributed by atoms with van der Waals surface area (Å²) in [7, 11) is -3.64. The molecule has 29 heavy (non-hydrogen) atoms. The van der Waals surface area contributed by atoms with Gasteiger partial charge in [-0.1, -0.05) is 66.2 Å². The minimum atomic E-state index is -3.64. The fourth-order valence-corrected chi connectivity index (χ4v) is 5.16. The Morgan fingerprint density at radius 2 is 1.38 bits per heavy atom. The number of para-hydroxylation sites is 1. The maximum Gasteiger partial charge on any atom is 0.264 e. The Hall–Kier alpha value is -3.05. The van der Waals surface area contributed by atoms with Gasteiger partial charge in [0.25, 0.3) is 10.0 Å². The molecule has 1 heterocycles. The van der Waals surface area contributed by atoms with Crippen molar-refractivity contribution < 1.29 is 8.42 Å². The summed E-state index contributed by atoms with van der Waals surface area (Å²) >= 11 is 0. The van der Waals surface area contributed by atoms with Gasteiger partial charge >= 0.3 is 0 Å². The number of benzene rings is 3. The predicted octanol–water partition coefficient (Wildman–Crippen LogP) is 5.11. The molecular weight excluding hydrogens is 380 g/mol. The molecule has 3 aromatic carbocycles. The summed E-state index contributed by atoms with van der Waals surface area (Å²) in [6.45, 7) is 4.14. The number of hydrogen-bond acceptors (Lipinski definition) is 3. The Labute approximate surface area is 172 Å². The average molecular weight is 405 g/mol. The molecule has 0 radical (unpaired) electrons. The molecule has 3 aromatic rings. The average Bonchev–Trinajstić information content (AvgIpc) is 2.75. The van der Waals surface area contributed by atoms with Crippen LogP contribution in [0.5, 0.6) is 0 Å². The molecule has 4 nitrogen and oxygen atoms in total. The third-order valence-corrected chi connectivity index (χ3v) is 7.13. The summed E-state index contributed by atoms with van der Waals surface area (Å²) in [5, 5.41) is 0. The number of aryl methyl sites for hydroxylation is 1. The number of rotatable bonds is 4. The lowest BCUT2D eigenvalue weighted by Gasteiger charge is -2.41. The van der Waals surface area contributed by atoms with E-state index < -0.39 is 10.0 Å². The number of sulfonamides is 1. The van der Waals surface area contributed by atoms with Crippen molar-refractivity contribution in [2.75, 3.05) is 11.4 Å². The van der Waals surface area contributed by atoms with Gasteiger partial charge in [0.05, 0.1) is 17.5 Å². The molecule has 4 rings (SSSR count). The van der Waals surface area contributed by atoms with Crippen LogP contribution in [0.3, 0.4) is 0 Å². The molecule has 0 spiro atoms. The summed E-state index contributed by atoms with van der Waals surface area (Å²) in [6.07, 6.45) is 1.93. The van der Waals surface area contributed by atoms with Gasteiger partial charge in [0.15, 0.2) is 0 Å². The summed E-state index contributed by atoms with van der Waals surface area (Å²) < 4.78 is 28.3. The second-order valence-corrected chi connectivity index (χ2v) is 9.15. The molecule has 1 unspecified atom stereocenters. The molecule has 1 aliphatic heterocycles. The van der Waals surface area contributed by atoms with Crippen molar-refractivity contribution in [3.63, 3.8) is 0 Å². The van der Waals surface area contributed by atoms with Gasteiger partial charge in [0, 0.05) is 17.6 Å². The van der Waals surface area contributed by atoms with Crippen molar-refractivity contribution >= 4 is 15.7 Å². The number of allylic oxidation sites excluding steroid dienone is 1. The lowest BCUT2D eigenvalue weighted by atomic mass is 10.0. The molecule has 0 saturated heterocycles. The van der Waals surface area contributed by atoms with E-state index in [-0.39, 0.29) is 6.04 Å². The van der Waals surface area contributed by atoms with Crippen LogP contribution in [0.1, 0.15) is 24.1 Å². The normalized spacial score (nSPS) is 17.2. The highest BCUT2D eigenvalue weighted by molar-refractivity contribution is 7.89. The molecule has 0 N–H and O–H groups in total. The fraction of sp³-hybridized carbons (Fsp3) is 0.167. The van der Waals surface area contributed by atoms with Crippen molar-refractivity contribution in [3.05, 3.63) is 108 Å². The van der Waals surface area contributed by atoms with E-state index in [9.17, 15) is 8.42 Å². The highest BCUT2D eigenvalue weighted by atomic mass is 32.2. The molecule has 0 aliphatic carbocycles. The van der Waals surface area contributed by atoms with Crippen molar-refractivity contribution in [3.8, 4) is 0 Å². The van der Waals surface area contributed by atoms with E-state index in [4.69, 9.17) is 0 Å². The first-order valence-corrected chi connectivity index (χ1v) is 11.1. The van der Waals surface area contributed by atoms with Crippen LogP contribution in [0.15, 0.2) is 102 Å². The molecule has 0 amide bonds. The van der Waals surface area contributed by atoms with Crippen LogP contribution in [0.4, 0.5) is 5.69 Å². The quantitative estimate of drug-likeness (QED) is 0.607. The zero-order valence-electron chi connectivity index (χ0n) is 16.6. The minimum Gasteiger partial charge on any atom is -0.337 e. The fourth-order valence-electron chi connectivity index (χ4n) is 3.67. The zero-order chi connectivity index (χ0) is 20.4. The van der Waals surface area contributed by atoms with E-state index in [1.54, 1.807) is 12.1 Å². The lowest BCUT2D eigenvalue weighted by molar-refractivity contribution is 0.420. The maximum atomic E-state index is 13.4. The predicted molar refractivity (Wildman–Crippen MR) is 117 cm³/mol. The molecule has 0 saturated carbocycles. The van der Waals surface area contributed by atoms with Crippen LogP contribution in [0, 0.1) is 6.92 Å². The summed E-state index contributed by atoms with van der Waals surface area (Å²) in [4.78, 5) is 2.47. The standard InChI is InChI=1S/C24H24N2O2S/c1-19-13-15-23(16-14-19)29(27,28)26-18-24(21-9-5-3-6-10-21)25(17-20(26)2)22-11-7-4-8-12-22/h3-17,24H,18H2,1-2H3. The molecule has 5 heteroatoms. The van der Waals surface area contributed by atoms with Crippen LogP contribution in [0.25, 0.3) is 0 Å². The van der Waals surface area contributed by atoms with Gasteiger partial charge in [0.2, 0.25) is 0 Å². The SMILES string of the molecule is CC1=CN(c2ccccc2)C(c2ccccc2)CN1S(=O)(=O)c1ccc(C)cc1. The van der Waals surface area contributed by atoms with Crippen LogP contribution in [0.2, 0.25) is 0 Å². The first kappa shape index (κ1) is 19.3. The van der Waals surface area contributed by atoms with Gasteiger partial charge < -0.3 is 4.90 Å². The zero-order valence-corrected chi connectivity index (χ0v) is 17.4. The number of nitrogens with zero attached hydrogens (tertiary/aromatic N) is 2. The Morgan fingerprint density at radius 3 is 2.00 bits per heavy atom.